The molecule has 0 aliphatic heterocycles. The van der Waals surface area contributed by atoms with Crippen molar-refractivity contribution in [2.75, 3.05) is 5.32 Å². The van der Waals surface area contributed by atoms with Crippen LogP contribution >= 0.6 is 0 Å². The molecule has 9 heteroatoms. The minimum atomic E-state index is -0.865. The Morgan fingerprint density at radius 1 is 0.449 bits per heavy atom. The van der Waals surface area contributed by atoms with Crippen molar-refractivity contribution < 1.29 is 38.9 Å². The number of anilines is 1. The third kappa shape index (κ3) is 30.5. The Hall–Kier alpha value is -8.30. The second kappa shape index (κ2) is 43.4. The number of benzene rings is 8. The maximum absolute atomic E-state index is 11.6. The summed E-state index contributed by atoms with van der Waals surface area (Å²) in [4.78, 5) is 45.0. The number of amides is 1. The van der Waals surface area contributed by atoms with Crippen LogP contribution in [0.3, 0.4) is 0 Å². The van der Waals surface area contributed by atoms with Crippen LogP contribution in [-0.4, -0.2) is 34.0 Å². The summed E-state index contributed by atoms with van der Waals surface area (Å²) in [6, 6.07) is 68.8. The predicted octanol–water partition coefficient (Wildman–Crippen LogP) is 21.8. The fraction of sp³-hybridized carbons (Fsp3) is 0.375. The number of rotatable bonds is 19. The highest BCUT2D eigenvalue weighted by atomic mass is 16.5. The van der Waals surface area contributed by atoms with Gasteiger partial charge in [-0.05, 0) is 170 Å². The molecule has 6 atom stereocenters. The Kier molecular flexibility index (Phi) is 37.4. The SMILES string of the molecule is CCC(C)(C)C(=O)OCc1ccccc1.CCC(C)C(=O)Nc1ccccc1.CCC(C)C(=O)Oc1ccccc1.CCC(C)c1ccc(C(=O)O)cc1.CCC(C)c1ccc(O)cc1.CCC(C)c1ccc2ccccc2c1.CCC(C)c1ccccc1. The van der Waals surface area contributed by atoms with Crippen molar-refractivity contribution >= 4 is 40.3 Å². The molecule has 9 nitrogen and oxygen atoms in total. The van der Waals surface area contributed by atoms with Gasteiger partial charge >= 0.3 is 17.9 Å². The number of para-hydroxylation sites is 2. The standard InChI is InChI=1S/C14H16.C13H18O2.C11H15NO.2C11H14O2.C10H14O.C10H14/c1-3-11(2)13-9-8-12-6-4-5-7-14(12)10-13;1-4-13(2,3)12(14)15-10-11-8-6-5-7-9-11;1-3-9(2)11(13)12-10-7-5-4-6-8-10;1-3-8(2)9-4-6-10(7-5-9)11(12)13;1-3-9(2)11(12)13-10-7-5-4-6-8-10;1-3-8(2)9-4-6-10(11)7-5-9;1-3-9(2)10-7-5-4-6-8-10/h4-11H,3H2,1-2H3;5-9H,4,10H2,1-3H3;4-9H,3H2,1-2H3,(H,12,13);4-8H,3H2,1-2H3,(H,12,13);4-9H,3H2,1-2H3;4-8,11H,3H2,1-2H3;4-9H,3H2,1-2H3. The van der Waals surface area contributed by atoms with Gasteiger partial charge in [0.25, 0.3) is 0 Å². The second-order valence-electron chi connectivity index (χ2n) is 23.3. The molecule has 0 fully saturated rings. The summed E-state index contributed by atoms with van der Waals surface area (Å²) in [5.41, 5.74) is 7.26. The Morgan fingerprint density at radius 3 is 1.31 bits per heavy atom. The molecule has 8 aromatic carbocycles. The van der Waals surface area contributed by atoms with Crippen LogP contribution in [-0.2, 0) is 25.7 Å². The van der Waals surface area contributed by atoms with Crippen molar-refractivity contribution in [1.82, 2.24) is 0 Å². The van der Waals surface area contributed by atoms with Gasteiger partial charge in [-0.2, -0.15) is 0 Å². The van der Waals surface area contributed by atoms with E-state index >= 15 is 0 Å². The van der Waals surface area contributed by atoms with E-state index in [4.69, 9.17) is 19.7 Å². The van der Waals surface area contributed by atoms with Crippen molar-refractivity contribution in [2.45, 2.75) is 179 Å². The summed E-state index contributed by atoms with van der Waals surface area (Å²) in [7, 11) is 0. The number of hydrogen-bond acceptors (Lipinski definition) is 7. The molecule has 1 amide bonds. The van der Waals surface area contributed by atoms with Gasteiger partial charge in [0.2, 0.25) is 5.91 Å². The number of carboxylic acids is 1. The molecule has 8 rings (SSSR count). The molecule has 478 valence electrons. The van der Waals surface area contributed by atoms with Gasteiger partial charge in [0.05, 0.1) is 16.9 Å². The first-order valence-electron chi connectivity index (χ1n) is 32.1. The Morgan fingerprint density at radius 2 is 0.854 bits per heavy atom. The number of phenols is 1. The van der Waals surface area contributed by atoms with Crippen LogP contribution in [0.1, 0.15) is 211 Å². The zero-order valence-electron chi connectivity index (χ0n) is 56.2. The highest BCUT2D eigenvalue weighted by molar-refractivity contribution is 5.92. The molecule has 6 unspecified atom stereocenters. The van der Waals surface area contributed by atoms with E-state index in [0.717, 1.165) is 43.4 Å². The first-order chi connectivity index (χ1) is 42.6. The number of aromatic hydroxyl groups is 1. The molecule has 0 saturated heterocycles. The van der Waals surface area contributed by atoms with E-state index in [9.17, 15) is 19.2 Å². The van der Waals surface area contributed by atoms with Crippen LogP contribution in [0.4, 0.5) is 5.69 Å². The molecule has 0 aliphatic rings. The van der Waals surface area contributed by atoms with Crippen molar-refractivity contribution in [1.29, 1.82) is 0 Å². The molecular formula is C80H105NO8. The monoisotopic (exact) mass is 1210 g/mol. The van der Waals surface area contributed by atoms with Crippen molar-refractivity contribution in [3.05, 3.63) is 246 Å². The number of hydrogen-bond donors (Lipinski definition) is 3. The average Bonchev–Trinajstić information content (AvgIpc) is 2.94. The summed E-state index contributed by atoms with van der Waals surface area (Å²) >= 11 is 0. The van der Waals surface area contributed by atoms with Crippen LogP contribution in [0.2, 0.25) is 0 Å². The lowest BCUT2D eigenvalue weighted by Gasteiger charge is -2.20. The molecule has 0 saturated carbocycles. The quantitative estimate of drug-likeness (QED) is 0.0537. The third-order valence-electron chi connectivity index (χ3n) is 16.1. The normalized spacial score (nSPS) is 12.3. The highest BCUT2D eigenvalue weighted by Crippen LogP contribution is 2.25. The van der Waals surface area contributed by atoms with Gasteiger partial charge in [-0.25, -0.2) is 4.79 Å². The lowest BCUT2D eigenvalue weighted by molar-refractivity contribution is -0.155. The lowest BCUT2D eigenvalue weighted by atomic mass is 9.91. The number of carbonyl (C=O) groups is 4. The zero-order chi connectivity index (χ0) is 66.2. The molecule has 0 radical (unpaired) electrons. The largest absolute Gasteiger partial charge is 0.508 e. The minimum absolute atomic E-state index is 0.0276. The number of esters is 2. The van der Waals surface area contributed by atoms with Gasteiger partial charge in [0.1, 0.15) is 18.1 Å². The smallest absolute Gasteiger partial charge is 0.335 e. The highest BCUT2D eigenvalue weighted by Gasteiger charge is 2.27. The van der Waals surface area contributed by atoms with Crippen LogP contribution in [0, 0.1) is 17.3 Å². The fourth-order valence-corrected chi connectivity index (χ4v) is 7.90. The van der Waals surface area contributed by atoms with Crippen LogP contribution in [0.15, 0.2) is 212 Å². The summed E-state index contributed by atoms with van der Waals surface area (Å²) in [5, 5.41) is 23.2. The Labute approximate surface area is 535 Å². The summed E-state index contributed by atoms with van der Waals surface area (Å²) in [6.45, 7) is 31.5. The molecule has 0 aromatic heterocycles. The van der Waals surface area contributed by atoms with Crippen LogP contribution in [0.5, 0.6) is 11.5 Å². The Bertz CT molecular complexity index is 3110. The second-order valence-corrected chi connectivity index (χ2v) is 23.3. The van der Waals surface area contributed by atoms with E-state index < -0.39 is 5.97 Å². The maximum atomic E-state index is 11.6. The van der Waals surface area contributed by atoms with Gasteiger partial charge in [-0.1, -0.05) is 254 Å². The van der Waals surface area contributed by atoms with Gasteiger partial charge in [-0.15, -0.1) is 0 Å². The molecule has 3 N–H and O–H groups in total. The van der Waals surface area contributed by atoms with Crippen LogP contribution < -0.4 is 10.1 Å². The van der Waals surface area contributed by atoms with E-state index in [2.05, 4.69) is 134 Å². The third-order valence-corrected chi connectivity index (χ3v) is 16.1. The maximum Gasteiger partial charge on any atom is 0.335 e. The zero-order valence-corrected chi connectivity index (χ0v) is 56.2. The number of aromatic carboxylic acids is 1. The molecule has 8 aromatic rings. The summed E-state index contributed by atoms with van der Waals surface area (Å²) in [6.07, 6.45) is 7.13. The number of carbonyl (C=O) groups excluding carboxylic acids is 3. The number of carboxylic acid groups (broad SMARTS) is 1. The van der Waals surface area contributed by atoms with Crippen molar-refractivity contribution in [3.63, 3.8) is 0 Å². The van der Waals surface area contributed by atoms with E-state index in [0.29, 0.717) is 47.3 Å². The summed E-state index contributed by atoms with van der Waals surface area (Å²) < 4.78 is 10.4. The first-order valence-corrected chi connectivity index (χ1v) is 32.1. The van der Waals surface area contributed by atoms with E-state index in [1.165, 1.54) is 45.9 Å². The topological polar surface area (TPSA) is 139 Å². The fourth-order valence-electron chi connectivity index (χ4n) is 7.90. The van der Waals surface area contributed by atoms with E-state index in [-0.39, 0.29) is 35.1 Å². The summed E-state index contributed by atoms with van der Waals surface area (Å²) in [5.74, 6) is 2.43. The number of nitrogens with one attached hydrogen (secondary N) is 1. The van der Waals surface area contributed by atoms with Gasteiger partial charge < -0.3 is 25.0 Å². The van der Waals surface area contributed by atoms with Crippen molar-refractivity contribution in [2.24, 2.45) is 17.3 Å². The molecule has 0 bridgehead atoms. The number of fused-ring (bicyclic) bond motifs is 1. The number of ether oxygens (including phenoxy) is 2. The molecule has 89 heavy (non-hydrogen) atoms. The van der Waals surface area contributed by atoms with Crippen molar-refractivity contribution in [3.8, 4) is 11.5 Å². The van der Waals surface area contributed by atoms with Crippen LogP contribution in [0.25, 0.3) is 10.8 Å². The first kappa shape index (κ1) is 76.8. The molecular weight excluding hydrogens is 1100 g/mol. The molecule has 0 aliphatic carbocycles. The van der Waals surface area contributed by atoms with Gasteiger partial charge in [0.15, 0.2) is 0 Å². The van der Waals surface area contributed by atoms with Gasteiger partial charge in [-0.3, -0.25) is 14.4 Å². The minimum Gasteiger partial charge on any atom is -0.508 e. The van der Waals surface area contributed by atoms with Gasteiger partial charge in [0, 0.05) is 11.6 Å². The predicted molar refractivity (Wildman–Crippen MR) is 373 cm³/mol. The molecule has 0 heterocycles. The van der Waals surface area contributed by atoms with E-state index in [1.54, 1.807) is 36.4 Å². The van der Waals surface area contributed by atoms with E-state index in [1.807, 2.05) is 152 Å². The number of phenolic OH excluding ortho intramolecular Hbond substituents is 1. The average molecular weight is 1210 g/mol. The Balaban J connectivity index is 0.000000355. The molecule has 0 spiro atoms. The lowest BCUT2D eigenvalue weighted by Crippen LogP contribution is -2.25.